The van der Waals surface area contributed by atoms with Crippen molar-refractivity contribution < 1.29 is 20.1 Å². The lowest BCUT2D eigenvalue weighted by Crippen LogP contribution is -2.38. The van der Waals surface area contributed by atoms with Crippen LogP contribution in [0.3, 0.4) is 0 Å². The van der Waals surface area contributed by atoms with Crippen molar-refractivity contribution in [2.75, 3.05) is 19.7 Å². The van der Waals surface area contributed by atoms with E-state index >= 15 is 0 Å². The SMILES string of the molecule is CC(C)N(CC[C@H](C)c1cc(CCOc2ccc(CCNCc3cc(O)cc(O)c3)cc2)ccc1O)C(C)C. The number of ether oxygens (including phenoxy) is 1. The molecule has 0 aliphatic rings. The van der Waals surface area contributed by atoms with Crippen LogP contribution in [-0.2, 0) is 19.4 Å². The predicted molar refractivity (Wildman–Crippen MR) is 159 cm³/mol. The maximum absolute atomic E-state index is 10.5. The van der Waals surface area contributed by atoms with Gasteiger partial charge in [0.1, 0.15) is 23.0 Å². The summed E-state index contributed by atoms with van der Waals surface area (Å²) >= 11 is 0. The first-order valence-corrected chi connectivity index (χ1v) is 14.1. The standard InChI is InChI=1S/C33H46N2O4/c1-23(2)35(24(3)4)16-13-25(5)32-20-27(8-11-33(32)38)14-17-39-31-9-6-26(7-10-31)12-15-34-22-28-18-29(36)21-30(37)19-28/h6-11,18-21,23-25,34,36-38H,12-17,22H2,1-5H3/t25-/m0/s1. The Morgan fingerprint density at radius 2 is 1.38 bits per heavy atom. The van der Waals surface area contributed by atoms with Gasteiger partial charge in [-0.3, -0.25) is 4.90 Å². The summed E-state index contributed by atoms with van der Waals surface area (Å²) in [5, 5.41) is 33.0. The van der Waals surface area contributed by atoms with Gasteiger partial charge >= 0.3 is 0 Å². The van der Waals surface area contributed by atoms with Crippen LogP contribution in [-0.4, -0.2) is 52.0 Å². The van der Waals surface area contributed by atoms with Crippen molar-refractivity contribution in [3.8, 4) is 23.0 Å². The van der Waals surface area contributed by atoms with Crippen molar-refractivity contribution in [2.45, 2.75) is 78.4 Å². The number of hydrogen-bond donors (Lipinski definition) is 4. The van der Waals surface area contributed by atoms with Gasteiger partial charge in [-0.1, -0.05) is 31.2 Å². The van der Waals surface area contributed by atoms with Crippen LogP contribution in [0.5, 0.6) is 23.0 Å². The Hall–Kier alpha value is -3.22. The molecule has 3 rings (SSSR count). The van der Waals surface area contributed by atoms with Gasteiger partial charge in [-0.2, -0.15) is 0 Å². The average molecular weight is 535 g/mol. The Bertz CT molecular complexity index is 1130. The lowest BCUT2D eigenvalue weighted by atomic mass is 9.94. The highest BCUT2D eigenvalue weighted by atomic mass is 16.5. The molecule has 0 spiro atoms. The summed E-state index contributed by atoms with van der Waals surface area (Å²) in [6.07, 6.45) is 2.65. The Morgan fingerprint density at radius 1 is 0.744 bits per heavy atom. The molecule has 0 aromatic heterocycles. The van der Waals surface area contributed by atoms with E-state index in [1.165, 1.54) is 17.2 Å². The van der Waals surface area contributed by atoms with Crippen LogP contribution in [0.4, 0.5) is 0 Å². The van der Waals surface area contributed by atoms with Crippen molar-refractivity contribution in [2.24, 2.45) is 0 Å². The molecule has 0 aliphatic carbocycles. The lowest BCUT2D eigenvalue weighted by Gasteiger charge is -2.31. The predicted octanol–water partition coefficient (Wildman–Crippen LogP) is 6.37. The van der Waals surface area contributed by atoms with Gasteiger partial charge in [-0.05, 0) is 112 Å². The van der Waals surface area contributed by atoms with Crippen molar-refractivity contribution in [3.63, 3.8) is 0 Å². The third kappa shape index (κ3) is 9.79. The number of hydrogen-bond acceptors (Lipinski definition) is 6. The van der Waals surface area contributed by atoms with Crippen LogP contribution in [0.15, 0.2) is 60.7 Å². The molecule has 0 aliphatic heterocycles. The molecule has 212 valence electrons. The first kappa shape index (κ1) is 30.3. The normalized spacial score (nSPS) is 12.4. The smallest absolute Gasteiger partial charge is 0.119 e. The van der Waals surface area contributed by atoms with Crippen LogP contribution in [0.2, 0.25) is 0 Å². The fraction of sp³-hybridized carbons (Fsp3) is 0.455. The average Bonchev–Trinajstić information content (AvgIpc) is 2.87. The van der Waals surface area contributed by atoms with Gasteiger partial charge in [-0.25, -0.2) is 0 Å². The molecule has 6 nitrogen and oxygen atoms in total. The lowest BCUT2D eigenvalue weighted by molar-refractivity contribution is 0.169. The Balaban J connectivity index is 1.43. The fourth-order valence-corrected chi connectivity index (χ4v) is 5.03. The Kier molecular flexibility index (Phi) is 11.5. The van der Waals surface area contributed by atoms with E-state index in [0.717, 1.165) is 49.2 Å². The van der Waals surface area contributed by atoms with Crippen molar-refractivity contribution in [3.05, 3.63) is 82.9 Å². The van der Waals surface area contributed by atoms with Crippen LogP contribution in [0, 0.1) is 0 Å². The zero-order valence-corrected chi connectivity index (χ0v) is 24.2. The molecule has 0 saturated heterocycles. The molecule has 0 saturated carbocycles. The van der Waals surface area contributed by atoms with Crippen molar-refractivity contribution in [1.82, 2.24) is 10.2 Å². The van der Waals surface area contributed by atoms with E-state index in [0.29, 0.717) is 31.0 Å². The summed E-state index contributed by atoms with van der Waals surface area (Å²) in [4.78, 5) is 2.50. The van der Waals surface area contributed by atoms with Crippen molar-refractivity contribution in [1.29, 1.82) is 0 Å². The topological polar surface area (TPSA) is 85.2 Å². The molecule has 0 unspecified atom stereocenters. The van der Waals surface area contributed by atoms with Gasteiger partial charge < -0.3 is 25.4 Å². The fourth-order valence-electron chi connectivity index (χ4n) is 5.03. The quantitative estimate of drug-likeness (QED) is 0.170. The van der Waals surface area contributed by atoms with Gasteiger partial charge in [0.15, 0.2) is 0 Å². The van der Waals surface area contributed by atoms with Crippen LogP contribution in [0.25, 0.3) is 0 Å². The third-order valence-corrected chi connectivity index (χ3v) is 7.23. The molecule has 3 aromatic rings. The van der Waals surface area contributed by atoms with E-state index in [9.17, 15) is 15.3 Å². The number of phenolic OH excluding ortho intramolecular Hbond substituents is 3. The first-order valence-electron chi connectivity index (χ1n) is 14.1. The minimum Gasteiger partial charge on any atom is -0.508 e. The number of rotatable bonds is 15. The van der Waals surface area contributed by atoms with E-state index in [-0.39, 0.29) is 17.4 Å². The van der Waals surface area contributed by atoms with Crippen LogP contribution < -0.4 is 10.1 Å². The molecular formula is C33H46N2O4. The molecule has 0 fully saturated rings. The van der Waals surface area contributed by atoms with E-state index < -0.39 is 0 Å². The van der Waals surface area contributed by atoms with Crippen molar-refractivity contribution >= 4 is 0 Å². The van der Waals surface area contributed by atoms with E-state index in [4.69, 9.17) is 4.74 Å². The highest BCUT2D eigenvalue weighted by Crippen LogP contribution is 2.30. The van der Waals surface area contributed by atoms with E-state index in [1.807, 2.05) is 24.3 Å². The molecular weight excluding hydrogens is 488 g/mol. The summed E-state index contributed by atoms with van der Waals surface area (Å²) < 4.78 is 6.00. The van der Waals surface area contributed by atoms with Gasteiger partial charge in [0.05, 0.1) is 6.61 Å². The Labute approximate surface area is 234 Å². The highest BCUT2D eigenvalue weighted by molar-refractivity contribution is 5.39. The minimum atomic E-state index is 0.0676. The van der Waals surface area contributed by atoms with Gasteiger partial charge in [-0.15, -0.1) is 0 Å². The van der Waals surface area contributed by atoms with Crippen LogP contribution >= 0.6 is 0 Å². The zero-order chi connectivity index (χ0) is 28.4. The monoisotopic (exact) mass is 534 g/mol. The largest absolute Gasteiger partial charge is 0.508 e. The Morgan fingerprint density at radius 3 is 2.03 bits per heavy atom. The molecule has 1 atom stereocenters. The van der Waals surface area contributed by atoms with Crippen LogP contribution in [0.1, 0.15) is 69.2 Å². The molecule has 0 radical (unpaired) electrons. The molecule has 3 aromatic carbocycles. The first-order chi connectivity index (χ1) is 18.6. The van der Waals surface area contributed by atoms with Gasteiger partial charge in [0.2, 0.25) is 0 Å². The number of nitrogens with zero attached hydrogens (tertiary/aromatic N) is 1. The molecule has 39 heavy (non-hydrogen) atoms. The molecule has 4 N–H and O–H groups in total. The number of aromatic hydroxyl groups is 3. The number of nitrogens with one attached hydrogen (secondary N) is 1. The van der Waals surface area contributed by atoms with E-state index in [1.54, 1.807) is 12.1 Å². The van der Waals surface area contributed by atoms with Gasteiger partial charge in [0, 0.05) is 31.1 Å². The maximum Gasteiger partial charge on any atom is 0.119 e. The second-order valence-corrected chi connectivity index (χ2v) is 11.0. The molecule has 0 amide bonds. The summed E-state index contributed by atoms with van der Waals surface area (Å²) in [5.74, 6) is 1.63. The summed E-state index contributed by atoms with van der Waals surface area (Å²) in [6, 6.07) is 19.7. The second kappa shape index (κ2) is 14.8. The van der Waals surface area contributed by atoms with Gasteiger partial charge in [0.25, 0.3) is 0 Å². The summed E-state index contributed by atoms with van der Waals surface area (Å²) in [5.41, 5.74) is 4.23. The third-order valence-electron chi connectivity index (χ3n) is 7.23. The molecule has 0 bridgehead atoms. The zero-order valence-electron chi connectivity index (χ0n) is 24.2. The summed E-state index contributed by atoms with van der Waals surface area (Å²) in [7, 11) is 0. The summed E-state index contributed by atoms with van der Waals surface area (Å²) in [6.45, 7) is 14.1. The number of benzene rings is 3. The molecule has 0 heterocycles. The second-order valence-electron chi connectivity index (χ2n) is 11.0. The van der Waals surface area contributed by atoms with E-state index in [2.05, 4.69) is 63.0 Å². The highest BCUT2D eigenvalue weighted by Gasteiger charge is 2.17. The minimum absolute atomic E-state index is 0.0676. The maximum atomic E-state index is 10.5. The molecule has 6 heteroatoms. The number of phenols is 3.